The fourth-order valence-corrected chi connectivity index (χ4v) is 2.73. The van der Waals surface area contributed by atoms with Gasteiger partial charge in [0.15, 0.2) is 0 Å². The molecule has 21 heavy (non-hydrogen) atoms. The van der Waals surface area contributed by atoms with Crippen LogP contribution in [0.3, 0.4) is 0 Å². The van der Waals surface area contributed by atoms with Gasteiger partial charge in [0.25, 0.3) is 0 Å². The van der Waals surface area contributed by atoms with Crippen molar-refractivity contribution in [2.45, 2.75) is 39.2 Å². The first-order valence-corrected chi connectivity index (χ1v) is 7.71. The summed E-state index contributed by atoms with van der Waals surface area (Å²) in [6.45, 7) is 6.42. The van der Waals surface area contributed by atoms with Crippen LogP contribution in [0.1, 0.15) is 33.1 Å². The van der Waals surface area contributed by atoms with Crippen LogP contribution in [0, 0.1) is 11.8 Å². The molecule has 0 radical (unpaired) electrons. The predicted octanol–water partition coefficient (Wildman–Crippen LogP) is 1.47. The van der Waals surface area contributed by atoms with Crippen LogP contribution in [0.4, 0.5) is 4.79 Å². The predicted molar refractivity (Wildman–Crippen MR) is 82.3 cm³/mol. The molecule has 6 nitrogen and oxygen atoms in total. The summed E-state index contributed by atoms with van der Waals surface area (Å²) in [4.78, 5) is 27.1. The number of carboxylic acid groups (broad SMARTS) is 1. The maximum atomic E-state index is 12.2. The van der Waals surface area contributed by atoms with Crippen molar-refractivity contribution in [1.82, 2.24) is 15.1 Å². The Morgan fingerprint density at radius 3 is 2.29 bits per heavy atom. The van der Waals surface area contributed by atoms with Gasteiger partial charge in [0.1, 0.15) is 0 Å². The smallest absolute Gasteiger partial charge is 0.317 e. The summed E-state index contributed by atoms with van der Waals surface area (Å²) >= 11 is 0. The number of carboxylic acids is 1. The van der Waals surface area contributed by atoms with E-state index in [0.29, 0.717) is 5.92 Å². The third-order valence-electron chi connectivity index (χ3n) is 4.03. The molecule has 0 aromatic heterocycles. The number of carbonyl (C=O) groups is 2. The van der Waals surface area contributed by atoms with Gasteiger partial charge in [-0.15, -0.1) is 0 Å². The van der Waals surface area contributed by atoms with E-state index in [1.54, 1.807) is 0 Å². The minimum atomic E-state index is -0.876. The van der Waals surface area contributed by atoms with Crippen LogP contribution in [0.5, 0.6) is 0 Å². The largest absolute Gasteiger partial charge is 0.481 e. The van der Waals surface area contributed by atoms with Gasteiger partial charge in [0.05, 0.1) is 6.42 Å². The van der Waals surface area contributed by atoms with Gasteiger partial charge in [-0.2, -0.15) is 0 Å². The summed E-state index contributed by atoms with van der Waals surface area (Å²) in [6, 6.07) is -0.437. The third kappa shape index (κ3) is 6.33. The number of amides is 2. The molecular weight excluding hydrogens is 270 g/mol. The van der Waals surface area contributed by atoms with Gasteiger partial charge < -0.3 is 20.2 Å². The average molecular weight is 299 g/mol. The highest BCUT2D eigenvalue weighted by molar-refractivity contribution is 5.76. The number of nitrogens with zero attached hydrogens (tertiary/aromatic N) is 2. The summed E-state index contributed by atoms with van der Waals surface area (Å²) < 4.78 is 0. The Morgan fingerprint density at radius 2 is 1.86 bits per heavy atom. The van der Waals surface area contributed by atoms with E-state index in [9.17, 15) is 9.59 Å². The van der Waals surface area contributed by atoms with Crippen LogP contribution in [0.25, 0.3) is 0 Å². The van der Waals surface area contributed by atoms with Gasteiger partial charge in [-0.05, 0) is 38.8 Å². The summed E-state index contributed by atoms with van der Waals surface area (Å²) in [5.41, 5.74) is 0. The van der Waals surface area contributed by atoms with Crippen LogP contribution in [-0.2, 0) is 4.79 Å². The van der Waals surface area contributed by atoms with Crippen LogP contribution in [0.15, 0.2) is 0 Å². The number of likely N-dealkylation sites (tertiary alicyclic amines) is 1. The zero-order chi connectivity index (χ0) is 16.0. The molecule has 1 heterocycles. The number of hydrogen-bond acceptors (Lipinski definition) is 3. The van der Waals surface area contributed by atoms with Crippen molar-refractivity contribution in [3.8, 4) is 0 Å². The molecule has 1 fully saturated rings. The number of aliphatic carboxylic acids is 1. The second-order valence-electron chi connectivity index (χ2n) is 6.59. The minimum Gasteiger partial charge on any atom is -0.481 e. The molecule has 1 aliphatic rings. The lowest BCUT2D eigenvalue weighted by Crippen LogP contribution is -2.50. The maximum Gasteiger partial charge on any atom is 0.317 e. The van der Waals surface area contributed by atoms with E-state index < -0.39 is 5.97 Å². The molecule has 1 aliphatic heterocycles. The highest BCUT2D eigenvalue weighted by Gasteiger charge is 2.26. The van der Waals surface area contributed by atoms with E-state index >= 15 is 0 Å². The normalized spacial score (nSPS) is 18.1. The molecule has 1 rings (SSSR count). The molecule has 122 valence electrons. The first kappa shape index (κ1) is 17.8. The zero-order valence-corrected chi connectivity index (χ0v) is 13.6. The lowest BCUT2D eigenvalue weighted by Gasteiger charge is -2.34. The van der Waals surface area contributed by atoms with Crippen molar-refractivity contribution in [2.24, 2.45) is 11.8 Å². The number of piperidine rings is 1. The average Bonchev–Trinajstić information content (AvgIpc) is 2.37. The fraction of sp³-hybridized carbons (Fsp3) is 0.867. The monoisotopic (exact) mass is 299 g/mol. The number of nitrogens with one attached hydrogen (secondary N) is 1. The highest BCUT2D eigenvalue weighted by atomic mass is 16.4. The Balaban J connectivity index is 2.43. The quantitative estimate of drug-likeness (QED) is 0.779. The summed E-state index contributed by atoms with van der Waals surface area (Å²) in [7, 11) is 4.14. The second kappa shape index (κ2) is 8.22. The van der Waals surface area contributed by atoms with Gasteiger partial charge >= 0.3 is 12.0 Å². The summed E-state index contributed by atoms with van der Waals surface area (Å²) in [5, 5.41) is 11.8. The number of urea groups is 1. The minimum absolute atomic E-state index is 0.0273. The van der Waals surface area contributed by atoms with E-state index in [1.807, 2.05) is 18.7 Å². The van der Waals surface area contributed by atoms with Crippen LogP contribution >= 0.6 is 0 Å². The third-order valence-corrected chi connectivity index (χ3v) is 4.03. The van der Waals surface area contributed by atoms with Crippen molar-refractivity contribution < 1.29 is 14.7 Å². The zero-order valence-electron chi connectivity index (χ0n) is 13.6. The van der Waals surface area contributed by atoms with Crippen molar-refractivity contribution >= 4 is 12.0 Å². The summed E-state index contributed by atoms with van der Waals surface area (Å²) in [6.07, 6.45) is 1.99. The molecule has 0 aromatic rings. The van der Waals surface area contributed by atoms with Gasteiger partial charge in [-0.25, -0.2) is 4.79 Å². The van der Waals surface area contributed by atoms with Crippen molar-refractivity contribution in [3.63, 3.8) is 0 Å². The number of rotatable bonds is 6. The molecule has 1 saturated heterocycles. The Kier molecular flexibility index (Phi) is 6.95. The molecule has 2 N–H and O–H groups in total. The molecular formula is C15H29N3O3. The lowest BCUT2D eigenvalue weighted by molar-refractivity contribution is -0.137. The van der Waals surface area contributed by atoms with E-state index in [0.717, 1.165) is 32.5 Å². The Bertz CT molecular complexity index is 350. The van der Waals surface area contributed by atoms with Gasteiger partial charge in [0.2, 0.25) is 0 Å². The first-order valence-electron chi connectivity index (χ1n) is 7.71. The molecule has 6 heteroatoms. The highest BCUT2D eigenvalue weighted by Crippen LogP contribution is 2.18. The van der Waals surface area contributed by atoms with Crippen molar-refractivity contribution in [2.75, 3.05) is 33.7 Å². The fourth-order valence-electron chi connectivity index (χ4n) is 2.73. The first-order chi connectivity index (χ1) is 9.79. The number of carbonyl (C=O) groups excluding carboxylic acids is 1. The van der Waals surface area contributed by atoms with Crippen LogP contribution < -0.4 is 5.32 Å². The van der Waals surface area contributed by atoms with E-state index in [-0.39, 0.29) is 24.4 Å². The topological polar surface area (TPSA) is 72.9 Å². The molecule has 0 aliphatic carbocycles. The summed E-state index contributed by atoms with van der Waals surface area (Å²) in [5.74, 6) is -0.126. The van der Waals surface area contributed by atoms with Crippen LogP contribution in [0.2, 0.25) is 0 Å². The molecule has 0 aromatic carbocycles. The Hall–Kier alpha value is -1.30. The van der Waals surface area contributed by atoms with E-state index in [2.05, 4.69) is 24.3 Å². The van der Waals surface area contributed by atoms with Gasteiger partial charge in [-0.1, -0.05) is 13.8 Å². The maximum absolute atomic E-state index is 12.2. The number of hydrogen-bond donors (Lipinski definition) is 2. The van der Waals surface area contributed by atoms with Gasteiger partial charge in [0, 0.05) is 25.7 Å². The SMILES string of the molecule is CC(C)C(CC(=O)O)NC(=O)N1CCC(CN(C)C)CC1. The molecule has 2 amide bonds. The lowest BCUT2D eigenvalue weighted by atomic mass is 9.96. The molecule has 1 atom stereocenters. The second-order valence-corrected chi connectivity index (χ2v) is 6.59. The van der Waals surface area contributed by atoms with Crippen molar-refractivity contribution in [3.05, 3.63) is 0 Å². The van der Waals surface area contributed by atoms with Crippen LogP contribution in [-0.4, -0.2) is 66.7 Å². The Morgan fingerprint density at radius 1 is 1.29 bits per heavy atom. The molecule has 1 unspecified atom stereocenters. The van der Waals surface area contributed by atoms with E-state index in [4.69, 9.17) is 5.11 Å². The van der Waals surface area contributed by atoms with E-state index in [1.165, 1.54) is 0 Å². The standard InChI is InChI=1S/C15H29N3O3/c1-11(2)13(9-14(19)20)16-15(21)18-7-5-12(6-8-18)10-17(3)4/h11-13H,5-10H2,1-4H3,(H,16,21)(H,19,20). The van der Waals surface area contributed by atoms with Gasteiger partial charge in [-0.3, -0.25) is 4.79 Å². The molecule has 0 spiro atoms. The Labute approximate surface area is 127 Å². The molecule has 0 saturated carbocycles. The van der Waals surface area contributed by atoms with Crippen molar-refractivity contribution in [1.29, 1.82) is 0 Å². The molecule has 0 bridgehead atoms.